The van der Waals surface area contributed by atoms with Crippen LogP contribution in [0.3, 0.4) is 0 Å². The zero-order valence-electron chi connectivity index (χ0n) is 6.26. The quantitative estimate of drug-likeness (QED) is 0.459. The van der Waals surface area contributed by atoms with Crippen molar-refractivity contribution in [1.29, 1.82) is 0 Å². The van der Waals surface area contributed by atoms with E-state index in [4.69, 9.17) is 0 Å². The number of hydrazine groups is 2. The Morgan fingerprint density at radius 3 is 2.92 bits per heavy atom. The smallest absolute Gasteiger partial charge is 0.367 e. The molecule has 8 heteroatoms. The summed E-state index contributed by atoms with van der Waals surface area (Å²) in [6.07, 6.45) is -2.39. The number of alkyl halides is 3. The fourth-order valence-electron chi connectivity index (χ4n) is 1.07. The van der Waals surface area contributed by atoms with Crippen molar-refractivity contribution in [3.05, 3.63) is 12.4 Å². The average Bonchev–Trinajstić information content (AvgIpc) is 2.45. The summed E-state index contributed by atoms with van der Waals surface area (Å²) < 4.78 is 36.7. The van der Waals surface area contributed by atoms with Crippen LogP contribution < -0.4 is 16.3 Å². The number of amidine groups is 1. The van der Waals surface area contributed by atoms with Crippen LogP contribution in [0.2, 0.25) is 0 Å². The van der Waals surface area contributed by atoms with E-state index in [2.05, 4.69) is 15.7 Å². The van der Waals surface area contributed by atoms with Gasteiger partial charge >= 0.3 is 6.30 Å². The summed E-state index contributed by atoms with van der Waals surface area (Å²) in [7, 11) is 0. The number of hydrogen-bond donors (Lipinski definition) is 3. The molecule has 0 aromatic carbocycles. The standard InChI is InChI=1S/C5H6F3N5/c6-5(7,8)13-4-3(11-12-13)9-1-2-10-4/h1-3,9,11-12H. The van der Waals surface area contributed by atoms with E-state index in [1.54, 1.807) is 0 Å². The minimum absolute atomic E-state index is 0.0220. The van der Waals surface area contributed by atoms with E-state index in [0.29, 0.717) is 0 Å². The Morgan fingerprint density at radius 1 is 1.46 bits per heavy atom. The largest absolute Gasteiger partial charge is 0.501 e. The molecular weight excluding hydrogens is 187 g/mol. The number of aliphatic imine (C=N–C) groups is 1. The third kappa shape index (κ3) is 1.33. The van der Waals surface area contributed by atoms with Crippen molar-refractivity contribution in [2.24, 2.45) is 4.99 Å². The molecule has 2 aliphatic heterocycles. The van der Waals surface area contributed by atoms with Crippen molar-refractivity contribution in [1.82, 2.24) is 21.3 Å². The predicted molar refractivity (Wildman–Crippen MR) is 37.7 cm³/mol. The zero-order valence-corrected chi connectivity index (χ0v) is 6.26. The Bertz CT molecular complexity index is 270. The lowest BCUT2D eigenvalue weighted by Gasteiger charge is -2.21. The molecule has 0 aromatic heterocycles. The van der Waals surface area contributed by atoms with Gasteiger partial charge in [0.15, 0.2) is 12.0 Å². The minimum atomic E-state index is -4.48. The topological polar surface area (TPSA) is 51.7 Å². The summed E-state index contributed by atoms with van der Waals surface area (Å²) in [6.45, 7) is 0. The highest BCUT2D eigenvalue weighted by Crippen LogP contribution is 2.22. The summed E-state index contributed by atoms with van der Waals surface area (Å²) in [5.41, 5.74) is 4.34. The van der Waals surface area contributed by atoms with Gasteiger partial charge in [-0.15, -0.1) is 13.2 Å². The fraction of sp³-hybridized carbons (Fsp3) is 0.400. The molecule has 2 rings (SSSR count). The molecule has 0 saturated carbocycles. The van der Waals surface area contributed by atoms with Crippen LogP contribution in [-0.4, -0.2) is 23.3 Å². The molecule has 0 aliphatic carbocycles. The Labute approximate surface area is 71.2 Å². The summed E-state index contributed by atoms with van der Waals surface area (Å²) in [5.74, 6) is -0.144. The molecule has 0 aromatic rings. The van der Waals surface area contributed by atoms with E-state index in [9.17, 15) is 13.2 Å². The van der Waals surface area contributed by atoms with Gasteiger partial charge in [0.1, 0.15) is 0 Å². The van der Waals surface area contributed by atoms with Gasteiger partial charge in [0.25, 0.3) is 0 Å². The monoisotopic (exact) mass is 193 g/mol. The maximum absolute atomic E-state index is 12.2. The van der Waals surface area contributed by atoms with Crippen molar-refractivity contribution in [3.8, 4) is 0 Å². The highest BCUT2D eigenvalue weighted by Gasteiger charge is 2.46. The van der Waals surface area contributed by atoms with Gasteiger partial charge in [-0.25, -0.2) is 10.4 Å². The summed E-state index contributed by atoms with van der Waals surface area (Å²) in [6, 6.07) is 0. The summed E-state index contributed by atoms with van der Waals surface area (Å²) in [5, 5.41) is 2.68. The first-order valence-corrected chi connectivity index (χ1v) is 3.46. The maximum atomic E-state index is 12.2. The van der Waals surface area contributed by atoms with Crippen molar-refractivity contribution >= 4 is 5.84 Å². The fourth-order valence-corrected chi connectivity index (χ4v) is 1.07. The van der Waals surface area contributed by atoms with Crippen LogP contribution in [0.4, 0.5) is 13.2 Å². The Kier molecular flexibility index (Phi) is 1.67. The van der Waals surface area contributed by atoms with Crippen molar-refractivity contribution in [2.45, 2.75) is 12.5 Å². The number of halogens is 3. The second-order valence-electron chi connectivity index (χ2n) is 2.46. The van der Waals surface area contributed by atoms with E-state index in [-0.39, 0.29) is 10.8 Å². The SMILES string of the molecule is FC(F)(F)N1NNC2NC=CN=C21. The third-order valence-corrected chi connectivity index (χ3v) is 1.61. The van der Waals surface area contributed by atoms with E-state index >= 15 is 0 Å². The molecule has 1 fully saturated rings. The van der Waals surface area contributed by atoms with Crippen LogP contribution in [0.1, 0.15) is 0 Å². The van der Waals surface area contributed by atoms with E-state index in [1.165, 1.54) is 12.4 Å². The van der Waals surface area contributed by atoms with Crippen LogP contribution in [0.15, 0.2) is 17.4 Å². The molecule has 13 heavy (non-hydrogen) atoms. The first-order valence-electron chi connectivity index (χ1n) is 3.46. The van der Waals surface area contributed by atoms with Crippen LogP contribution in [-0.2, 0) is 0 Å². The normalized spacial score (nSPS) is 26.8. The Balaban J connectivity index is 2.24. The molecular formula is C5H6F3N5. The van der Waals surface area contributed by atoms with Gasteiger partial charge in [0.05, 0.1) is 0 Å². The molecule has 3 N–H and O–H groups in total. The molecule has 0 amide bonds. The van der Waals surface area contributed by atoms with Gasteiger partial charge in [-0.2, -0.15) is 10.5 Å². The lowest BCUT2D eigenvalue weighted by Crippen LogP contribution is -2.48. The summed E-state index contributed by atoms with van der Waals surface area (Å²) >= 11 is 0. The molecule has 0 radical (unpaired) electrons. The van der Waals surface area contributed by atoms with Crippen LogP contribution in [0.5, 0.6) is 0 Å². The van der Waals surface area contributed by atoms with E-state index in [1.807, 2.05) is 5.53 Å². The van der Waals surface area contributed by atoms with E-state index < -0.39 is 12.5 Å². The molecule has 0 spiro atoms. The van der Waals surface area contributed by atoms with Crippen LogP contribution in [0, 0.1) is 0 Å². The van der Waals surface area contributed by atoms with Gasteiger partial charge in [0, 0.05) is 12.4 Å². The molecule has 5 nitrogen and oxygen atoms in total. The first-order chi connectivity index (χ1) is 6.09. The number of fused-ring (bicyclic) bond motifs is 1. The van der Waals surface area contributed by atoms with Gasteiger partial charge in [-0.05, 0) is 0 Å². The zero-order chi connectivity index (χ0) is 9.47. The number of nitrogens with zero attached hydrogens (tertiary/aromatic N) is 2. The molecule has 2 heterocycles. The average molecular weight is 193 g/mol. The van der Waals surface area contributed by atoms with Crippen LogP contribution >= 0.6 is 0 Å². The van der Waals surface area contributed by atoms with Gasteiger partial charge in [-0.3, -0.25) is 0 Å². The first kappa shape index (κ1) is 8.32. The molecule has 1 unspecified atom stereocenters. The molecule has 1 atom stereocenters. The minimum Gasteiger partial charge on any atom is -0.367 e. The maximum Gasteiger partial charge on any atom is 0.501 e. The lowest BCUT2D eigenvalue weighted by atomic mass is 10.4. The molecule has 72 valence electrons. The Morgan fingerprint density at radius 2 is 2.23 bits per heavy atom. The van der Waals surface area contributed by atoms with Gasteiger partial charge < -0.3 is 5.32 Å². The van der Waals surface area contributed by atoms with Crippen molar-refractivity contribution in [2.75, 3.05) is 0 Å². The number of rotatable bonds is 0. The van der Waals surface area contributed by atoms with E-state index in [0.717, 1.165) is 0 Å². The molecule has 2 aliphatic rings. The summed E-state index contributed by atoms with van der Waals surface area (Å²) in [4.78, 5) is 3.59. The highest BCUT2D eigenvalue weighted by atomic mass is 19.4. The number of nitrogens with one attached hydrogen (secondary N) is 3. The number of hydrogen-bond acceptors (Lipinski definition) is 5. The van der Waals surface area contributed by atoms with Gasteiger partial charge in [-0.1, -0.05) is 0 Å². The second-order valence-corrected chi connectivity index (χ2v) is 2.46. The third-order valence-electron chi connectivity index (χ3n) is 1.61. The van der Waals surface area contributed by atoms with Crippen LogP contribution in [0.25, 0.3) is 0 Å². The highest BCUT2D eigenvalue weighted by molar-refractivity contribution is 5.89. The lowest BCUT2D eigenvalue weighted by molar-refractivity contribution is -0.232. The van der Waals surface area contributed by atoms with Crippen molar-refractivity contribution in [3.63, 3.8) is 0 Å². The molecule has 0 bridgehead atoms. The molecule has 1 saturated heterocycles. The van der Waals surface area contributed by atoms with Crippen molar-refractivity contribution < 1.29 is 13.2 Å². The second kappa shape index (κ2) is 2.60. The Hall–Kier alpha value is -1.28. The van der Waals surface area contributed by atoms with Gasteiger partial charge in [0.2, 0.25) is 0 Å². The predicted octanol–water partition coefficient (Wildman–Crippen LogP) is -0.370.